The molecule has 5 aromatic heterocycles. The van der Waals surface area contributed by atoms with E-state index >= 15 is 0 Å². The first-order chi connectivity index (χ1) is 18.7. The standard InChI is InChI=1S/C30H26N6OS/c37-30(18-5-2-1-3-6-18)33-21-11-20(14-31-15-21)26-13-24-28(16-32-26)35-36-29(24)27-12-23-22(19-9-10-38-17-19)7-4-8-25(23)34-27/h4,7-18,34H,1-3,5-6H2,(H,33,37)(H,35,36). The average Bonchev–Trinajstić information content (AvgIpc) is 3.73. The third-order valence-electron chi connectivity index (χ3n) is 7.48. The van der Waals surface area contributed by atoms with E-state index in [0.29, 0.717) is 5.69 Å². The predicted octanol–water partition coefficient (Wildman–Crippen LogP) is 7.42. The van der Waals surface area contributed by atoms with Crippen molar-refractivity contribution in [1.82, 2.24) is 25.1 Å². The maximum absolute atomic E-state index is 12.8. The molecule has 1 aliphatic rings. The van der Waals surface area contributed by atoms with Crippen molar-refractivity contribution in [2.45, 2.75) is 32.1 Å². The second-order valence-corrected chi connectivity index (χ2v) is 10.7. The summed E-state index contributed by atoms with van der Waals surface area (Å²) in [5.41, 5.74) is 8.44. The summed E-state index contributed by atoms with van der Waals surface area (Å²) in [5, 5.41) is 17.2. The zero-order valence-corrected chi connectivity index (χ0v) is 21.5. The number of thiophene rings is 1. The Morgan fingerprint density at radius 2 is 1.87 bits per heavy atom. The molecule has 0 radical (unpaired) electrons. The second kappa shape index (κ2) is 9.54. The highest BCUT2D eigenvalue weighted by molar-refractivity contribution is 7.08. The normalized spacial score (nSPS) is 14.3. The van der Waals surface area contributed by atoms with Gasteiger partial charge in [-0.25, -0.2) is 0 Å². The van der Waals surface area contributed by atoms with Gasteiger partial charge in [-0.3, -0.25) is 19.9 Å². The molecule has 1 aliphatic carbocycles. The lowest BCUT2D eigenvalue weighted by molar-refractivity contribution is -0.120. The number of amides is 1. The Morgan fingerprint density at radius 1 is 0.947 bits per heavy atom. The third kappa shape index (κ3) is 4.16. The number of hydrogen-bond acceptors (Lipinski definition) is 5. The van der Waals surface area contributed by atoms with Crippen LogP contribution in [0, 0.1) is 5.92 Å². The molecular formula is C30H26N6OS. The maximum atomic E-state index is 12.8. The van der Waals surface area contributed by atoms with Gasteiger partial charge in [0.1, 0.15) is 5.69 Å². The highest BCUT2D eigenvalue weighted by Gasteiger charge is 2.21. The molecule has 0 bridgehead atoms. The quantitative estimate of drug-likeness (QED) is 0.221. The van der Waals surface area contributed by atoms with Crippen molar-refractivity contribution in [3.63, 3.8) is 0 Å². The fraction of sp³-hybridized carbons (Fsp3) is 0.200. The van der Waals surface area contributed by atoms with E-state index in [1.807, 2.05) is 12.1 Å². The number of carbonyl (C=O) groups excluding carboxylic acids is 1. The van der Waals surface area contributed by atoms with Crippen molar-refractivity contribution in [1.29, 1.82) is 0 Å². The minimum absolute atomic E-state index is 0.0878. The van der Waals surface area contributed by atoms with Crippen LogP contribution in [0.15, 0.2) is 71.8 Å². The van der Waals surface area contributed by atoms with Gasteiger partial charge in [-0.15, -0.1) is 0 Å². The van der Waals surface area contributed by atoms with Crippen LogP contribution in [-0.4, -0.2) is 31.1 Å². The number of hydrogen-bond donors (Lipinski definition) is 3. The summed E-state index contributed by atoms with van der Waals surface area (Å²) in [4.78, 5) is 25.4. The number of H-pyrrole nitrogens is 2. The second-order valence-electron chi connectivity index (χ2n) is 9.94. The molecule has 1 saturated carbocycles. The van der Waals surface area contributed by atoms with E-state index in [9.17, 15) is 4.79 Å². The van der Waals surface area contributed by atoms with Gasteiger partial charge < -0.3 is 10.3 Å². The van der Waals surface area contributed by atoms with Crippen LogP contribution < -0.4 is 5.32 Å². The molecule has 38 heavy (non-hydrogen) atoms. The van der Waals surface area contributed by atoms with Gasteiger partial charge in [-0.2, -0.15) is 16.4 Å². The molecule has 8 heteroatoms. The smallest absolute Gasteiger partial charge is 0.227 e. The van der Waals surface area contributed by atoms with Crippen LogP contribution in [0.2, 0.25) is 0 Å². The van der Waals surface area contributed by atoms with Crippen LogP contribution in [0.25, 0.3) is 55.6 Å². The van der Waals surface area contributed by atoms with Gasteiger partial charge in [0.2, 0.25) is 5.91 Å². The average molecular weight is 519 g/mol. The fourth-order valence-corrected chi connectivity index (χ4v) is 6.15. The van der Waals surface area contributed by atoms with Crippen molar-refractivity contribution >= 4 is 44.7 Å². The molecule has 1 aromatic carbocycles. The molecule has 1 fully saturated rings. The summed E-state index contributed by atoms with van der Waals surface area (Å²) in [7, 11) is 0. The Hall–Kier alpha value is -4.30. The summed E-state index contributed by atoms with van der Waals surface area (Å²) in [6.45, 7) is 0. The molecule has 1 amide bonds. The Labute approximate surface area is 223 Å². The van der Waals surface area contributed by atoms with E-state index in [1.54, 1.807) is 29.9 Å². The molecule has 0 atom stereocenters. The number of benzene rings is 1. The first kappa shape index (κ1) is 22.9. The molecule has 0 saturated heterocycles. The minimum atomic E-state index is 0.0878. The lowest BCUT2D eigenvalue weighted by Gasteiger charge is -2.20. The van der Waals surface area contributed by atoms with Gasteiger partial charge in [0, 0.05) is 34.0 Å². The number of aromatic nitrogens is 5. The number of anilines is 1. The molecule has 0 spiro atoms. The molecule has 0 unspecified atom stereocenters. The predicted molar refractivity (Wildman–Crippen MR) is 153 cm³/mol. The largest absolute Gasteiger partial charge is 0.353 e. The first-order valence-electron chi connectivity index (χ1n) is 13.0. The van der Waals surface area contributed by atoms with Crippen LogP contribution >= 0.6 is 11.3 Å². The summed E-state index contributed by atoms with van der Waals surface area (Å²) < 4.78 is 0. The third-order valence-corrected chi connectivity index (χ3v) is 8.16. The summed E-state index contributed by atoms with van der Waals surface area (Å²) in [6.07, 6.45) is 10.7. The van der Waals surface area contributed by atoms with Crippen LogP contribution in [0.3, 0.4) is 0 Å². The summed E-state index contributed by atoms with van der Waals surface area (Å²) in [5.74, 6) is 0.178. The van der Waals surface area contributed by atoms with Crippen molar-refractivity contribution in [2.24, 2.45) is 5.92 Å². The zero-order valence-electron chi connectivity index (χ0n) is 20.7. The number of pyridine rings is 2. The van der Waals surface area contributed by atoms with Crippen molar-refractivity contribution < 1.29 is 4.79 Å². The number of aromatic amines is 2. The number of nitrogens with one attached hydrogen (secondary N) is 3. The van der Waals surface area contributed by atoms with Crippen molar-refractivity contribution in [3.05, 3.63) is 71.8 Å². The van der Waals surface area contributed by atoms with Gasteiger partial charge in [-0.05, 0) is 65.1 Å². The van der Waals surface area contributed by atoms with Crippen molar-refractivity contribution in [2.75, 3.05) is 5.32 Å². The maximum Gasteiger partial charge on any atom is 0.227 e. The van der Waals surface area contributed by atoms with Crippen LogP contribution in [0.4, 0.5) is 5.69 Å². The highest BCUT2D eigenvalue weighted by atomic mass is 32.1. The van der Waals surface area contributed by atoms with Gasteiger partial charge in [-0.1, -0.05) is 31.4 Å². The summed E-state index contributed by atoms with van der Waals surface area (Å²) in [6, 6.07) is 14.6. The molecule has 7 nitrogen and oxygen atoms in total. The van der Waals surface area contributed by atoms with Crippen LogP contribution in [0.1, 0.15) is 32.1 Å². The molecule has 188 valence electrons. The monoisotopic (exact) mass is 518 g/mol. The van der Waals surface area contributed by atoms with Crippen LogP contribution in [-0.2, 0) is 4.79 Å². The van der Waals surface area contributed by atoms with Gasteiger partial charge in [0.25, 0.3) is 0 Å². The topological polar surface area (TPSA) is 99.4 Å². The first-order valence-corrected chi connectivity index (χ1v) is 13.9. The SMILES string of the molecule is O=C(Nc1cncc(-c2cc3c(-c4cc5c(-c6ccsc6)cccc5[nH]4)n[nH]c3cn2)c1)C1CCCCC1. The minimum Gasteiger partial charge on any atom is -0.353 e. The number of fused-ring (bicyclic) bond motifs is 2. The Balaban J connectivity index is 1.23. The zero-order chi connectivity index (χ0) is 25.5. The number of rotatable bonds is 5. The lowest BCUT2D eigenvalue weighted by Crippen LogP contribution is -2.24. The molecule has 7 rings (SSSR count). The van der Waals surface area contributed by atoms with E-state index in [0.717, 1.165) is 70.1 Å². The van der Waals surface area contributed by atoms with Gasteiger partial charge in [0.15, 0.2) is 0 Å². The molecule has 0 aliphatic heterocycles. The highest BCUT2D eigenvalue weighted by Crippen LogP contribution is 2.35. The Bertz CT molecular complexity index is 1760. The summed E-state index contributed by atoms with van der Waals surface area (Å²) >= 11 is 1.70. The Morgan fingerprint density at radius 3 is 2.74 bits per heavy atom. The van der Waals surface area contributed by atoms with E-state index in [1.165, 1.54) is 17.5 Å². The van der Waals surface area contributed by atoms with Gasteiger partial charge >= 0.3 is 0 Å². The fourth-order valence-electron chi connectivity index (χ4n) is 5.49. The Kier molecular flexibility index (Phi) is 5.74. The molecule has 3 N–H and O–H groups in total. The number of carbonyl (C=O) groups is 1. The molecule has 6 aromatic rings. The van der Waals surface area contributed by atoms with Crippen LogP contribution in [0.5, 0.6) is 0 Å². The van der Waals surface area contributed by atoms with E-state index in [4.69, 9.17) is 0 Å². The van der Waals surface area contributed by atoms with E-state index in [-0.39, 0.29) is 11.8 Å². The number of nitrogens with zero attached hydrogens (tertiary/aromatic N) is 3. The van der Waals surface area contributed by atoms with Crippen molar-refractivity contribution in [3.8, 4) is 33.8 Å². The molecule has 5 heterocycles. The van der Waals surface area contributed by atoms with Gasteiger partial charge in [0.05, 0.1) is 35.0 Å². The van der Waals surface area contributed by atoms with E-state index < -0.39 is 0 Å². The van der Waals surface area contributed by atoms with E-state index in [2.05, 4.69) is 71.6 Å². The molecular weight excluding hydrogens is 492 g/mol. The lowest BCUT2D eigenvalue weighted by atomic mass is 9.88.